The first kappa shape index (κ1) is 21.2. The molecule has 5 rings (SSSR count). The van der Waals surface area contributed by atoms with Crippen LogP contribution in [0, 0.1) is 5.92 Å². The Balaban J connectivity index is 1.31. The monoisotopic (exact) mass is 456 g/mol. The fraction of sp³-hybridized carbons (Fsp3) is 0.348. The van der Waals surface area contributed by atoms with Crippen molar-refractivity contribution in [3.8, 4) is 11.5 Å². The van der Waals surface area contributed by atoms with Crippen molar-refractivity contribution in [2.75, 3.05) is 24.7 Å². The molecule has 10 heteroatoms. The van der Waals surface area contributed by atoms with Gasteiger partial charge in [-0.25, -0.2) is 4.98 Å². The van der Waals surface area contributed by atoms with Crippen molar-refractivity contribution < 1.29 is 27.8 Å². The molecule has 2 aliphatic heterocycles. The van der Waals surface area contributed by atoms with Crippen molar-refractivity contribution in [2.24, 2.45) is 5.92 Å². The summed E-state index contributed by atoms with van der Waals surface area (Å²) in [6, 6.07) is 11.0. The molecule has 2 unspecified atom stereocenters. The van der Waals surface area contributed by atoms with E-state index in [0.717, 1.165) is 4.57 Å². The Hall–Kier alpha value is -3.69. The second-order valence-electron chi connectivity index (χ2n) is 8.07. The van der Waals surface area contributed by atoms with Crippen LogP contribution >= 0.6 is 0 Å². The van der Waals surface area contributed by atoms with Gasteiger partial charge in [0.05, 0.1) is 23.0 Å². The number of amides is 2. The highest BCUT2D eigenvalue weighted by atomic mass is 19.3. The van der Waals surface area contributed by atoms with Crippen LogP contribution in [0.1, 0.15) is 31.8 Å². The van der Waals surface area contributed by atoms with Crippen LogP contribution in [0.2, 0.25) is 0 Å². The molecule has 2 aromatic carbocycles. The predicted molar refractivity (Wildman–Crippen MR) is 115 cm³/mol. The smallest absolute Gasteiger partial charge is 0.320 e. The Bertz CT molecular complexity index is 1230. The summed E-state index contributed by atoms with van der Waals surface area (Å²) in [4.78, 5) is 31.4. The number of hydrogen-bond acceptors (Lipinski definition) is 5. The molecule has 1 aromatic heterocycles. The van der Waals surface area contributed by atoms with Crippen LogP contribution in [-0.4, -0.2) is 41.1 Å². The fourth-order valence-corrected chi connectivity index (χ4v) is 4.30. The summed E-state index contributed by atoms with van der Waals surface area (Å²) >= 11 is 0. The van der Waals surface area contributed by atoms with Crippen molar-refractivity contribution in [1.82, 2.24) is 14.9 Å². The van der Waals surface area contributed by atoms with Gasteiger partial charge in [-0.3, -0.25) is 14.2 Å². The van der Waals surface area contributed by atoms with Gasteiger partial charge >= 0.3 is 6.55 Å². The molecule has 3 heterocycles. The van der Waals surface area contributed by atoms with Gasteiger partial charge in [0, 0.05) is 24.7 Å². The van der Waals surface area contributed by atoms with Gasteiger partial charge in [0.1, 0.15) is 19.0 Å². The molecule has 2 aliphatic rings. The first-order chi connectivity index (χ1) is 15.9. The highest BCUT2D eigenvalue weighted by Crippen LogP contribution is 2.36. The lowest BCUT2D eigenvalue weighted by Crippen LogP contribution is -2.35. The van der Waals surface area contributed by atoms with E-state index in [2.05, 4.69) is 10.3 Å². The zero-order valence-electron chi connectivity index (χ0n) is 17.8. The maximum absolute atomic E-state index is 13.7. The van der Waals surface area contributed by atoms with Gasteiger partial charge < -0.3 is 19.7 Å². The molecule has 33 heavy (non-hydrogen) atoms. The van der Waals surface area contributed by atoms with E-state index in [1.54, 1.807) is 49.4 Å². The molecule has 0 bridgehead atoms. The van der Waals surface area contributed by atoms with Crippen molar-refractivity contribution in [2.45, 2.75) is 25.9 Å². The van der Waals surface area contributed by atoms with Crippen LogP contribution in [0.4, 0.5) is 14.5 Å². The lowest BCUT2D eigenvalue weighted by Gasteiger charge is -2.22. The van der Waals surface area contributed by atoms with Crippen molar-refractivity contribution in [3.63, 3.8) is 0 Å². The number of carbonyl (C=O) groups is 2. The summed E-state index contributed by atoms with van der Waals surface area (Å²) in [6.45, 7) is -0.119. The second-order valence-corrected chi connectivity index (χ2v) is 8.07. The zero-order chi connectivity index (χ0) is 23.1. The van der Waals surface area contributed by atoms with Crippen LogP contribution in [-0.2, 0) is 9.59 Å². The summed E-state index contributed by atoms with van der Waals surface area (Å²) in [5.41, 5.74) is 1.34. The molecule has 8 nitrogen and oxygen atoms in total. The minimum atomic E-state index is -2.80. The van der Waals surface area contributed by atoms with E-state index in [4.69, 9.17) is 9.47 Å². The Morgan fingerprint density at radius 1 is 1.15 bits per heavy atom. The Morgan fingerprint density at radius 3 is 2.70 bits per heavy atom. The number of halogens is 2. The Labute approximate surface area is 188 Å². The lowest BCUT2D eigenvalue weighted by molar-refractivity contribution is -0.127. The van der Waals surface area contributed by atoms with Gasteiger partial charge in [-0.2, -0.15) is 8.78 Å². The molecular formula is C23H22F2N4O4. The van der Waals surface area contributed by atoms with Crippen molar-refractivity contribution in [1.29, 1.82) is 0 Å². The third-order valence-corrected chi connectivity index (χ3v) is 5.90. The number of para-hydroxylation sites is 2. The highest BCUT2D eigenvalue weighted by molar-refractivity contribution is 6.00. The molecule has 1 fully saturated rings. The summed E-state index contributed by atoms with van der Waals surface area (Å²) in [6.07, 6.45) is 0.0261. The molecule has 0 aliphatic carbocycles. The fourth-order valence-electron chi connectivity index (χ4n) is 4.30. The first-order valence-electron chi connectivity index (χ1n) is 10.7. The number of rotatable bonds is 5. The molecule has 0 spiro atoms. The number of anilines is 1. The van der Waals surface area contributed by atoms with E-state index in [-0.39, 0.29) is 30.6 Å². The van der Waals surface area contributed by atoms with Gasteiger partial charge in [-0.1, -0.05) is 12.1 Å². The zero-order valence-corrected chi connectivity index (χ0v) is 17.8. The molecule has 1 saturated heterocycles. The average Bonchev–Trinajstić information content (AvgIpc) is 3.40. The van der Waals surface area contributed by atoms with Gasteiger partial charge in [0.25, 0.3) is 0 Å². The second kappa shape index (κ2) is 8.34. The molecule has 1 N–H and O–H groups in total. The molecule has 172 valence electrons. The lowest BCUT2D eigenvalue weighted by atomic mass is 10.1. The Kier molecular flexibility index (Phi) is 5.35. The van der Waals surface area contributed by atoms with Gasteiger partial charge in [-0.15, -0.1) is 0 Å². The molecule has 0 saturated carbocycles. The van der Waals surface area contributed by atoms with E-state index in [9.17, 15) is 18.4 Å². The van der Waals surface area contributed by atoms with Crippen LogP contribution < -0.4 is 19.7 Å². The van der Waals surface area contributed by atoms with Gasteiger partial charge in [0.15, 0.2) is 11.5 Å². The van der Waals surface area contributed by atoms with E-state index in [0.29, 0.717) is 41.4 Å². The number of nitrogens with zero attached hydrogens (tertiary/aromatic N) is 3. The number of alkyl halides is 2. The van der Waals surface area contributed by atoms with Crippen molar-refractivity contribution >= 4 is 28.5 Å². The number of nitrogens with one attached hydrogen (secondary N) is 1. The SMILES string of the molecule is CC(NC(=O)C1CC(=O)N(c2ccc3c(c2)OCCO3)C1)c1nc2ccccc2n1C(F)F. The van der Waals surface area contributed by atoms with Crippen LogP contribution in [0.25, 0.3) is 11.0 Å². The minimum Gasteiger partial charge on any atom is -0.486 e. The molecule has 2 amide bonds. The number of fused-ring (bicyclic) bond motifs is 2. The number of imidazole rings is 1. The van der Waals surface area contributed by atoms with Crippen LogP contribution in [0.3, 0.4) is 0 Å². The van der Waals surface area contributed by atoms with Crippen LogP contribution in [0.5, 0.6) is 11.5 Å². The summed E-state index contributed by atoms with van der Waals surface area (Å²) in [5.74, 6) is 0.0359. The van der Waals surface area contributed by atoms with E-state index in [1.807, 2.05) is 0 Å². The summed E-state index contributed by atoms with van der Waals surface area (Å²) in [7, 11) is 0. The minimum absolute atomic E-state index is 0.0261. The average molecular weight is 456 g/mol. The number of benzene rings is 2. The topological polar surface area (TPSA) is 85.7 Å². The quantitative estimate of drug-likeness (QED) is 0.636. The number of hydrogen-bond donors (Lipinski definition) is 1. The molecule has 2 atom stereocenters. The number of carbonyl (C=O) groups excluding carboxylic acids is 2. The highest BCUT2D eigenvalue weighted by Gasteiger charge is 2.36. The molecular weight excluding hydrogens is 434 g/mol. The normalized spacial score (nSPS) is 18.7. The van der Waals surface area contributed by atoms with E-state index < -0.39 is 18.5 Å². The van der Waals surface area contributed by atoms with Crippen LogP contribution in [0.15, 0.2) is 42.5 Å². The number of ether oxygens (including phenoxy) is 2. The standard InChI is InChI=1S/C23H22F2N4O4/c1-13(21-27-16-4-2-3-5-17(16)29(21)23(24)25)26-22(31)14-10-20(30)28(12-14)15-6-7-18-19(11-15)33-9-8-32-18/h2-7,11,13-14,23H,8-10,12H2,1H3,(H,26,31). The summed E-state index contributed by atoms with van der Waals surface area (Å²) < 4.78 is 39.4. The third-order valence-electron chi connectivity index (χ3n) is 5.90. The first-order valence-corrected chi connectivity index (χ1v) is 10.7. The van der Waals surface area contributed by atoms with E-state index in [1.165, 1.54) is 4.90 Å². The number of aromatic nitrogens is 2. The molecule has 0 radical (unpaired) electrons. The van der Waals surface area contributed by atoms with E-state index >= 15 is 0 Å². The summed E-state index contributed by atoms with van der Waals surface area (Å²) in [5, 5.41) is 2.76. The van der Waals surface area contributed by atoms with Crippen molar-refractivity contribution in [3.05, 3.63) is 48.3 Å². The third kappa shape index (κ3) is 3.85. The largest absolute Gasteiger partial charge is 0.486 e. The molecule has 3 aromatic rings. The Morgan fingerprint density at radius 2 is 1.91 bits per heavy atom. The van der Waals surface area contributed by atoms with Gasteiger partial charge in [-0.05, 0) is 31.2 Å². The van der Waals surface area contributed by atoms with Gasteiger partial charge in [0.2, 0.25) is 11.8 Å². The predicted octanol–water partition coefficient (Wildman–Crippen LogP) is 3.43. The maximum atomic E-state index is 13.7. The maximum Gasteiger partial charge on any atom is 0.320 e.